The largest absolute Gasteiger partial charge is 0.436 e. The third kappa shape index (κ3) is 2.07. The predicted molar refractivity (Wildman–Crippen MR) is 57.7 cm³/mol. The number of nitrogens with zero attached hydrogens (tertiary/aromatic N) is 3. The molecule has 0 atom stereocenters. The van der Waals surface area contributed by atoms with Gasteiger partial charge in [0.15, 0.2) is 0 Å². The van der Waals surface area contributed by atoms with Gasteiger partial charge in [-0.3, -0.25) is 0 Å². The van der Waals surface area contributed by atoms with Crippen LogP contribution in [0.2, 0.25) is 0 Å². The van der Waals surface area contributed by atoms with Gasteiger partial charge in [0.05, 0.1) is 18.0 Å². The minimum atomic E-state index is 0.303. The first-order chi connectivity index (χ1) is 7.79. The van der Waals surface area contributed by atoms with E-state index in [9.17, 15) is 0 Å². The number of hydrogen-bond acceptors (Lipinski definition) is 5. The monoisotopic (exact) mass is 212 g/mol. The van der Waals surface area contributed by atoms with E-state index >= 15 is 0 Å². The van der Waals surface area contributed by atoms with Crippen LogP contribution in [0, 0.1) is 11.3 Å². The first-order valence-corrected chi connectivity index (χ1v) is 4.54. The van der Waals surface area contributed by atoms with E-state index in [-0.39, 0.29) is 0 Å². The Morgan fingerprint density at radius 1 is 1.19 bits per heavy atom. The number of ether oxygens (including phenoxy) is 1. The van der Waals surface area contributed by atoms with Gasteiger partial charge in [-0.1, -0.05) is 12.1 Å². The van der Waals surface area contributed by atoms with Gasteiger partial charge in [0.25, 0.3) is 0 Å². The van der Waals surface area contributed by atoms with Gasteiger partial charge in [-0.15, -0.1) is 0 Å². The average Bonchev–Trinajstić information content (AvgIpc) is 2.33. The van der Waals surface area contributed by atoms with Crippen molar-refractivity contribution in [3.63, 3.8) is 0 Å². The topological polar surface area (TPSA) is 84.8 Å². The quantitative estimate of drug-likeness (QED) is 0.819. The van der Waals surface area contributed by atoms with Crippen LogP contribution in [0.15, 0.2) is 36.7 Å². The second-order valence-electron chi connectivity index (χ2n) is 2.99. The van der Waals surface area contributed by atoms with Gasteiger partial charge in [0.1, 0.15) is 17.6 Å². The molecule has 0 aliphatic heterocycles. The van der Waals surface area contributed by atoms with Gasteiger partial charge >= 0.3 is 0 Å². The fourth-order valence-corrected chi connectivity index (χ4v) is 1.14. The Balaban J connectivity index is 2.27. The molecule has 0 radical (unpaired) electrons. The molecule has 16 heavy (non-hydrogen) atoms. The van der Waals surface area contributed by atoms with E-state index in [2.05, 4.69) is 9.97 Å². The lowest BCUT2D eigenvalue weighted by Gasteiger charge is -2.05. The summed E-state index contributed by atoms with van der Waals surface area (Å²) in [6.45, 7) is 0. The van der Waals surface area contributed by atoms with Crippen molar-refractivity contribution in [1.29, 1.82) is 5.26 Å². The summed E-state index contributed by atoms with van der Waals surface area (Å²) in [5.74, 6) is 1.07. The van der Waals surface area contributed by atoms with Crippen molar-refractivity contribution in [2.24, 2.45) is 0 Å². The van der Waals surface area contributed by atoms with Crippen LogP contribution in [0.4, 0.5) is 5.82 Å². The molecular formula is C11H8N4O. The number of para-hydroxylation sites is 1. The molecule has 2 aromatic rings. The second-order valence-corrected chi connectivity index (χ2v) is 2.99. The van der Waals surface area contributed by atoms with Crippen LogP contribution in [0.1, 0.15) is 5.56 Å². The Labute approximate surface area is 92.1 Å². The molecule has 0 bridgehead atoms. The van der Waals surface area contributed by atoms with E-state index in [0.717, 1.165) is 0 Å². The molecule has 5 heteroatoms. The van der Waals surface area contributed by atoms with Crippen LogP contribution in [0.25, 0.3) is 0 Å². The van der Waals surface area contributed by atoms with Crippen molar-refractivity contribution < 1.29 is 4.74 Å². The summed E-state index contributed by atoms with van der Waals surface area (Å²) in [5.41, 5.74) is 5.84. The van der Waals surface area contributed by atoms with Gasteiger partial charge in [-0.05, 0) is 12.1 Å². The number of aromatic nitrogens is 2. The van der Waals surface area contributed by atoms with Crippen molar-refractivity contribution in [2.75, 3.05) is 5.73 Å². The van der Waals surface area contributed by atoms with Crippen LogP contribution in [-0.4, -0.2) is 9.97 Å². The summed E-state index contributed by atoms with van der Waals surface area (Å²) < 4.78 is 5.40. The molecule has 2 N–H and O–H groups in total. The van der Waals surface area contributed by atoms with Crippen molar-refractivity contribution in [3.05, 3.63) is 42.2 Å². The molecule has 0 amide bonds. The van der Waals surface area contributed by atoms with E-state index in [0.29, 0.717) is 23.0 Å². The first-order valence-electron chi connectivity index (χ1n) is 4.54. The van der Waals surface area contributed by atoms with Crippen LogP contribution in [-0.2, 0) is 0 Å². The number of rotatable bonds is 2. The molecule has 1 aromatic carbocycles. The highest BCUT2D eigenvalue weighted by atomic mass is 16.5. The zero-order valence-electron chi connectivity index (χ0n) is 8.29. The lowest BCUT2D eigenvalue weighted by molar-refractivity contribution is 0.459. The molecule has 0 unspecified atom stereocenters. The molecule has 0 fully saturated rings. The van der Waals surface area contributed by atoms with Crippen molar-refractivity contribution in [2.45, 2.75) is 0 Å². The summed E-state index contributed by atoms with van der Waals surface area (Å²) in [5, 5.41) is 8.85. The third-order valence-corrected chi connectivity index (χ3v) is 1.87. The highest BCUT2D eigenvalue weighted by molar-refractivity contribution is 5.44. The van der Waals surface area contributed by atoms with E-state index in [4.69, 9.17) is 15.7 Å². The molecule has 78 valence electrons. The third-order valence-electron chi connectivity index (χ3n) is 1.87. The van der Waals surface area contributed by atoms with Gasteiger partial charge < -0.3 is 10.5 Å². The number of hydrogen-bond donors (Lipinski definition) is 1. The zero-order valence-corrected chi connectivity index (χ0v) is 8.29. The molecule has 1 heterocycles. The van der Waals surface area contributed by atoms with Gasteiger partial charge in [0.2, 0.25) is 5.88 Å². The number of nitrogens with two attached hydrogens (primary N) is 1. The number of nitriles is 1. The standard InChI is InChI=1S/C11H8N4O/c12-5-8-3-1-2-4-9(8)16-11-7-14-10(13)6-15-11/h1-4,6-7H,(H2,13,14). The lowest BCUT2D eigenvalue weighted by Crippen LogP contribution is -1.94. The van der Waals surface area contributed by atoms with E-state index in [1.165, 1.54) is 12.4 Å². The maximum Gasteiger partial charge on any atom is 0.238 e. The summed E-state index contributed by atoms with van der Waals surface area (Å²) >= 11 is 0. The first kappa shape index (κ1) is 9.93. The lowest BCUT2D eigenvalue weighted by atomic mass is 10.2. The van der Waals surface area contributed by atoms with Gasteiger partial charge in [-0.2, -0.15) is 5.26 Å². The SMILES string of the molecule is N#Cc1ccccc1Oc1cnc(N)cn1. The van der Waals surface area contributed by atoms with Gasteiger partial charge in [0, 0.05) is 0 Å². The fourth-order valence-electron chi connectivity index (χ4n) is 1.14. The summed E-state index contributed by atoms with van der Waals surface area (Å²) in [6, 6.07) is 8.93. The Hall–Kier alpha value is -2.61. The van der Waals surface area contributed by atoms with E-state index in [1.807, 2.05) is 6.07 Å². The Kier molecular flexibility index (Phi) is 2.65. The second kappa shape index (κ2) is 4.28. The van der Waals surface area contributed by atoms with E-state index < -0.39 is 0 Å². The molecule has 0 saturated heterocycles. The van der Waals surface area contributed by atoms with E-state index in [1.54, 1.807) is 24.3 Å². The Morgan fingerprint density at radius 3 is 2.69 bits per heavy atom. The number of nitrogen functional groups attached to an aromatic ring is 1. The van der Waals surface area contributed by atoms with Crippen LogP contribution in [0.5, 0.6) is 11.6 Å². The van der Waals surface area contributed by atoms with Crippen LogP contribution in [0.3, 0.4) is 0 Å². The normalized spacial score (nSPS) is 9.44. The van der Waals surface area contributed by atoms with Crippen molar-refractivity contribution in [1.82, 2.24) is 9.97 Å². The Morgan fingerprint density at radius 2 is 2.00 bits per heavy atom. The molecule has 0 spiro atoms. The predicted octanol–water partition coefficient (Wildman–Crippen LogP) is 1.72. The molecule has 1 aromatic heterocycles. The maximum absolute atomic E-state index is 8.85. The average molecular weight is 212 g/mol. The van der Waals surface area contributed by atoms with Gasteiger partial charge in [-0.25, -0.2) is 9.97 Å². The molecule has 0 saturated carbocycles. The summed E-state index contributed by atoms with van der Waals surface area (Å²) in [7, 11) is 0. The molecule has 2 rings (SSSR count). The van der Waals surface area contributed by atoms with Crippen LogP contribution < -0.4 is 10.5 Å². The number of anilines is 1. The fraction of sp³-hybridized carbons (Fsp3) is 0. The molecule has 5 nitrogen and oxygen atoms in total. The minimum absolute atomic E-state index is 0.303. The summed E-state index contributed by atoms with van der Waals surface area (Å²) in [6.07, 6.45) is 2.80. The molecule has 0 aliphatic carbocycles. The molecular weight excluding hydrogens is 204 g/mol. The Bertz CT molecular complexity index is 530. The smallest absolute Gasteiger partial charge is 0.238 e. The van der Waals surface area contributed by atoms with Crippen molar-refractivity contribution in [3.8, 4) is 17.7 Å². The zero-order chi connectivity index (χ0) is 11.4. The highest BCUT2D eigenvalue weighted by Crippen LogP contribution is 2.22. The minimum Gasteiger partial charge on any atom is -0.436 e. The summed E-state index contributed by atoms with van der Waals surface area (Å²) in [4.78, 5) is 7.77. The highest BCUT2D eigenvalue weighted by Gasteiger charge is 2.04. The molecule has 0 aliphatic rings. The van der Waals surface area contributed by atoms with Crippen LogP contribution >= 0.6 is 0 Å². The van der Waals surface area contributed by atoms with Crippen molar-refractivity contribution >= 4 is 5.82 Å². The number of benzene rings is 1. The maximum atomic E-state index is 8.85.